The molecule has 3 heteroatoms. The number of nitrogens with one attached hydrogen (secondary N) is 1. The summed E-state index contributed by atoms with van der Waals surface area (Å²) in [6, 6.07) is 9.58. The van der Waals surface area contributed by atoms with Gasteiger partial charge in [0.1, 0.15) is 5.54 Å². The number of nitriles is 1. The lowest BCUT2D eigenvalue weighted by Gasteiger charge is -2.21. The normalized spacial score (nSPS) is 13.5. The molecule has 0 fully saturated rings. The second-order valence-corrected chi connectivity index (χ2v) is 4.30. The van der Waals surface area contributed by atoms with Crippen molar-refractivity contribution in [3.8, 4) is 6.07 Å². The highest BCUT2D eigenvalue weighted by Gasteiger charge is 2.23. The molecule has 1 N–H and O–H groups in total. The molecule has 1 aromatic carbocycles. The van der Waals surface area contributed by atoms with Crippen LogP contribution in [0, 0.1) is 11.3 Å². The fraction of sp³-hybridized carbons (Fsp3) is 0.429. The van der Waals surface area contributed by atoms with Crippen LogP contribution in [-0.4, -0.2) is 11.4 Å². The number of benzene rings is 1. The monoisotopic (exact) mass is 230 g/mol. The van der Waals surface area contributed by atoms with Crippen molar-refractivity contribution >= 4 is 5.91 Å². The molecule has 1 amide bonds. The molecule has 0 spiro atoms. The Morgan fingerprint density at radius 2 is 1.94 bits per heavy atom. The van der Waals surface area contributed by atoms with Crippen molar-refractivity contribution in [2.75, 3.05) is 0 Å². The van der Waals surface area contributed by atoms with Crippen LogP contribution in [0.25, 0.3) is 0 Å². The fourth-order valence-corrected chi connectivity index (χ4v) is 1.41. The van der Waals surface area contributed by atoms with Crippen molar-refractivity contribution in [2.24, 2.45) is 0 Å². The van der Waals surface area contributed by atoms with E-state index >= 15 is 0 Å². The number of rotatable bonds is 4. The van der Waals surface area contributed by atoms with Gasteiger partial charge >= 0.3 is 0 Å². The molecule has 0 aliphatic carbocycles. The Bertz CT molecular complexity index is 431. The quantitative estimate of drug-likeness (QED) is 0.864. The maximum atomic E-state index is 11.9. The Balaban J connectivity index is 2.80. The van der Waals surface area contributed by atoms with E-state index in [2.05, 4.69) is 18.3 Å². The van der Waals surface area contributed by atoms with Gasteiger partial charge in [-0.2, -0.15) is 5.26 Å². The van der Waals surface area contributed by atoms with E-state index in [1.54, 1.807) is 19.1 Å². The number of aryl methyl sites for hydroxylation is 1. The lowest BCUT2D eigenvalue weighted by molar-refractivity contribution is 0.0923. The lowest BCUT2D eigenvalue weighted by atomic mass is 10.0. The topological polar surface area (TPSA) is 52.9 Å². The summed E-state index contributed by atoms with van der Waals surface area (Å²) in [5.41, 5.74) is 0.998. The van der Waals surface area contributed by atoms with Gasteiger partial charge in [-0.3, -0.25) is 4.79 Å². The minimum atomic E-state index is -0.791. The van der Waals surface area contributed by atoms with E-state index in [0.717, 1.165) is 6.42 Å². The van der Waals surface area contributed by atoms with Crippen LogP contribution in [0.4, 0.5) is 0 Å². The molecule has 0 aromatic heterocycles. The Morgan fingerprint density at radius 3 is 2.35 bits per heavy atom. The zero-order chi connectivity index (χ0) is 12.9. The maximum Gasteiger partial charge on any atom is 0.252 e. The van der Waals surface area contributed by atoms with Crippen LogP contribution in [0.3, 0.4) is 0 Å². The van der Waals surface area contributed by atoms with Crippen LogP contribution >= 0.6 is 0 Å². The van der Waals surface area contributed by atoms with Gasteiger partial charge < -0.3 is 5.32 Å². The maximum absolute atomic E-state index is 11.9. The molecule has 0 radical (unpaired) electrons. The molecule has 0 aliphatic rings. The first kappa shape index (κ1) is 13.2. The zero-order valence-electron chi connectivity index (χ0n) is 10.6. The molecular weight excluding hydrogens is 212 g/mol. The molecule has 17 heavy (non-hydrogen) atoms. The van der Waals surface area contributed by atoms with Gasteiger partial charge in [-0.25, -0.2) is 0 Å². The van der Waals surface area contributed by atoms with Gasteiger partial charge in [-0.15, -0.1) is 0 Å². The molecule has 1 rings (SSSR count). The number of hydrogen-bond donors (Lipinski definition) is 1. The summed E-state index contributed by atoms with van der Waals surface area (Å²) in [7, 11) is 0. The molecule has 90 valence electrons. The Hall–Kier alpha value is -1.82. The average Bonchev–Trinajstić information content (AvgIpc) is 2.38. The van der Waals surface area contributed by atoms with E-state index in [0.29, 0.717) is 12.0 Å². The van der Waals surface area contributed by atoms with Gasteiger partial charge in [0.05, 0.1) is 6.07 Å². The van der Waals surface area contributed by atoms with Crippen molar-refractivity contribution in [3.05, 3.63) is 35.4 Å². The number of nitrogens with zero attached hydrogens (tertiary/aromatic N) is 1. The third kappa shape index (κ3) is 3.32. The van der Waals surface area contributed by atoms with E-state index in [1.807, 2.05) is 19.1 Å². The SMILES string of the molecule is CCc1ccc(C(=O)N[C@@](C)(C#N)CC)cc1. The zero-order valence-corrected chi connectivity index (χ0v) is 10.6. The molecule has 1 atom stereocenters. The van der Waals surface area contributed by atoms with Gasteiger partial charge in [0, 0.05) is 5.56 Å². The fourth-order valence-electron chi connectivity index (χ4n) is 1.41. The highest BCUT2D eigenvalue weighted by molar-refractivity contribution is 5.94. The molecule has 3 nitrogen and oxygen atoms in total. The molecule has 0 bridgehead atoms. The molecule has 0 saturated carbocycles. The van der Waals surface area contributed by atoms with Crippen LogP contribution in [0.15, 0.2) is 24.3 Å². The summed E-state index contributed by atoms with van der Waals surface area (Å²) >= 11 is 0. The Kier molecular flexibility index (Phi) is 4.28. The van der Waals surface area contributed by atoms with Crippen molar-refractivity contribution < 1.29 is 4.79 Å². The molecule has 0 aliphatic heterocycles. The standard InChI is InChI=1S/C14H18N2O/c1-4-11-6-8-12(9-7-11)13(17)16-14(3,5-2)10-15/h6-9H,4-5H2,1-3H3,(H,16,17)/t14-/m1/s1. The minimum Gasteiger partial charge on any atom is -0.334 e. The first-order chi connectivity index (χ1) is 8.04. The summed E-state index contributed by atoms with van der Waals surface area (Å²) in [6.45, 7) is 5.67. The molecule has 0 heterocycles. The second-order valence-electron chi connectivity index (χ2n) is 4.30. The van der Waals surface area contributed by atoms with Crippen molar-refractivity contribution in [2.45, 2.75) is 39.2 Å². The van der Waals surface area contributed by atoms with Crippen molar-refractivity contribution in [1.29, 1.82) is 5.26 Å². The first-order valence-electron chi connectivity index (χ1n) is 5.87. The summed E-state index contributed by atoms with van der Waals surface area (Å²) in [4.78, 5) is 11.9. The van der Waals surface area contributed by atoms with Crippen LogP contribution in [0.2, 0.25) is 0 Å². The Labute approximate surface area is 102 Å². The minimum absolute atomic E-state index is 0.196. The second kappa shape index (κ2) is 5.49. The highest BCUT2D eigenvalue weighted by atomic mass is 16.1. The van der Waals surface area contributed by atoms with E-state index in [1.165, 1.54) is 5.56 Å². The van der Waals surface area contributed by atoms with Crippen LogP contribution < -0.4 is 5.32 Å². The highest BCUT2D eigenvalue weighted by Crippen LogP contribution is 2.10. The number of amides is 1. The summed E-state index contributed by atoms with van der Waals surface area (Å²) in [5.74, 6) is -0.196. The first-order valence-corrected chi connectivity index (χ1v) is 5.87. The summed E-state index contributed by atoms with van der Waals surface area (Å²) in [6.07, 6.45) is 1.54. The average molecular weight is 230 g/mol. The van der Waals surface area contributed by atoms with Gasteiger partial charge in [-0.05, 0) is 37.5 Å². The molecular formula is C14H18N2O. The van der Waals surface area contributed by atoms with E-state index in [-0.39, 0.29) is 5.91 Å². The van der Waals surface area contributed by atoms with Gasteiger partial charge in [0.15, 0.2) is 0 Å². The largest absolute Gasteiger partial charge is 0.334 e. The molecule has 0 saturated heterocycles. The van der Waals surface area contributed by atoms with Gasteiger partial charge in [0.25, 0.3) is 5.91 Å². The summed E-state index contributed by atoms with van der Waals surface area (Å²) in [5, 5.41) is 11.7. The van der Waals surface area contributed by atoms with Crippen molar-refractivity contribution in [1.82, 2.24) is 5.32 Å². The van der Waals surface area contributed by atoms with Crippen LogP contribution in [-0.2, 0) is 6.42 Å². The van der Waals surface area contributed by atoms with E-state index in [4.69, 9.17) is 5.26 Å². The van der Waals surface area contributed by atoms with E-state index in [9.17, 15) is 4.79 Å². The number of carbonyl (C=O) groups is 1. The predicted octanol–water partition coefficient (Wildman–Crippen LogP) is 2.67. The summed E-state index contributed by atoms with van der Waals surface area (Å²) < 4.78 is 0. The third-order valence-corrected chi connectivity index (χ3v) is 2.97. The number of carbonyl (C=O) groups excluding carboxylic acids is 1. The Morgan fingerprint density at radius 1 is 1.35 bits per heavy atom. The van der Waals surface area contributed by atoms with Gasteiger partial charge in [-0.1, -0.05) is 26.0 Å². The predicted molar refractivity (Wildman–Crippen MR) is 67.6 cm³/mol. The third-order valence-electron chi connectivity index (χ3n) is 2.97. The number of hydrogen-bond acceptors (Lipinski definition) is 2. The molecule has 0 unspecified atom stereocenters. The smallest absolute Gasteiger partial charge is 0.252 e. The van der Waals surface area contributed by atoms with E-state index < -0.39 is 5.54 Å². The van der Waals surface area contributed by atoms with Gasteiger partial charge in [0.2, 0.25) is 0 Å². The lowest BCUT2D eigenvalue weighted by Crippen LogP contribution is -2.44. The molecule has 1 aromatic rings. The van der Waals surface area contributed by atoms with Crippen LogP contribution in [0.1, 0.15) is 43.1 Å². The van der Waals surface area contributed by atoms with Crippen molar-refractivity contribution in [3.63, 3.8) is 0 Å². The van der Waals surface area contributed by atoms with Crippen LogP contribution in [0.5, 0.6) is 0 Å².